The Labute approximate surface area is 200 Å². The van der Waals surface area contributed by atoms with E-state index in [2.05, 4.69) is 0 Å². The second-order valence-corrected chi connectivity index (χ2v) is 9.24. The molecule has 0 saturated carbocycles. The Kier molecular flexibility index (Phi) is 5.98. The Hall–Kier alpha value is -3.78. The number of carbonyl (C=O) groups excluding carboxylic acids is 2. The van der Waals surface area contributed by atoms with E-state index in [0.29, 0.717) is 12.1 Å². The summed E-state index contributed by atoms with van der Waals surface area (Å²) in [6.07, 6.45) is 0.596. The molecule has 0 aromatic heterocycles. The van der Waals surface area contributed by atoms with Gasteiger partial charge in [-0.1, -0.05) is 72.4 Å². The van der Waals surface area contributed by atoms with Crippen LogP contribution < -0.4 is 4.90 Å². The SMILES string of the molecule is N=C(S[C@H]1CC(=O)N(c2ccc(F)cc2)C1=O)N1N=C(c2ccccc2)C[C@H]1c1ccccc1. The summed E-state index contributed by atoms with van der Waals surface area (Å²) in [4.78, 5) is 26.7. The largest absolute Gasteiger partial charge is 0.277 e. The molecule has 2 aliphatic heterocycles. The minimum absolute atomic E-state index is 0.0254. The zero-order valence-corrected chi connectivity index (χ0v) is 18.9. The van der Waals surface area contributed by atoms with Gasteiger partial charge in [0.25, 0.3) is 0 Å². The molecule has 0 radical (unpaired) electrons. The van der Waals surface area contributed by atoms with Crippen LogP contribution in [0, 0.1) is 11.2 Å². The number of imide groups is 1. The van der Waals surface area contributed by atoms with Crippen molar-refractivity contribution in [3.63, 3.8) is 0 Å². The van der Waals surface area contributed by atoms with Gasteiger partial charge in [0.05, 0.1) is 17.4 Å². The van der Waals surface area contributed by atoms with Crippen molar-refractivity contribution >= 4 is 40.1 Å². The van der Waals surface area contributed by atoms with Crippen molar-refractivity contribution in [1.29, 1.82) is 5.41 Å². The molecule has 6 nitrogen and oxygen atoms in total. The maximum Gasteiger partial charge on any atom is 0.247 e. The summed E-state index contributed by atoms with van der Waals surface area (Å²) in [7, 11) is 0. The van der Waals surface area contributed by atoms with Gasteiger partial charge in [-0.3, -0.25) is 15.0 Å². The van der Waals surface area contributed by atoms with Crippen LogP contribution in [0.15, 0.2) is 90.0 Å². The average Bonchev–Trinajstić information content (AvgIpc) is 3.42. The smallest absolute Gasteiger partial charge is 0.247 e. The lowest BCUT2D eigenvalue weighted by atomic mass is 9.99. The van der Waals surface area contributed by atoms with Crippen LogP contribution in [-0.4, -0.2) is 33.0 Å². The summed E-state index contributed by atoms with van der Waals surface area (Å²) in [5.41, 5.74) is 3.20. The number of halogens is 1. The van der Waals surface area contributed by atoms with Crippen LogP contribution in [0.4, 0.5) is 10.1 Å². The molecule has 1 saturated heterocycles. The fraction of sp³-hybridized carbons (Fsp3) is 0.154. The Balaban J connectivity index is 1.38. The standard InChI is InChI=1S/C26H21FN4O2S/c27-19-11-13-20(14-12-19)30-24(32)16-23(25(30)33)34-26(28)31-22(18-9-5-2-6-10-18)15-21(29-31)17-7-3-1-4-8-17/h1-14,22-23,28H,15-16H2/t22-,23-/m0/s1. The average molecular weight is 473 g/mol. The highest BCUT2D eigenvalue weighted by atomic mass is 32.2. The van der Waals surface area contributed by atoms with Crippen LogP contribution in [0.25, 0.3) is 0 Å². The van der Waals surface area contributed by atoms with Crippen LogP contribution in [0.2, 0.25) is 0 Å². The van der Waals surface area contributed by atoms with E-state index in [0.717, 1.165) is 33.5 Å². The van der Waals surface area contributed by atoms with E-state index in [-0.39, 0.29) is 23.5 Å². The molecule has 0 aliphatic carbocycles. The molecule has 170 valence electrons. The third-order valence-corrected chi connectivity index (χ3v) is 6.92. The summed E-state index contributed by atoms with van der Waals surface area (Å²) < 4.78 is 13.3. The number of benzene rings is 3. The highest BCUT2D eigenvalue weighted by Crippen LogP contribution is 2.37. The Morgan fingerprint density at radius 2 is 1.56 bits per heavy atom. The minimum Gasteiger partial charge on any atom is -0.277 e. The van der Waals surface area contributed by atoms with E-state index in [1.807, 2.05) is 60.7 Å². The van der Waals surface area contributed by atoms with E-state index in [1.54, 1.807) is 5.01 Å². The molecule has 3 aromatic carbocycles. The normalized spacial score (nSPS) is 20.1. The van der Waals surface area contributed by atoms with Crippen molar-refractivity contribution in [2.75, 3.05) is 4.90 Å². The van der Waals surface area contributed by atoms with Gasteiger partial charge in [0.15, 0.2) is 5.17 Å². The zero-order chi connectivity index (χ0) is 23.7. The molecule has 2 aliphatic rings. The molecule has 0 bridgehead atoms. The van der Waals surface area contributed by atoms with E-state index >= 15 is 0 Å². The van der Waals surface area contributed by atoms with Crippen LogP contribution >= 0.6 is 11.8 Å². The molecule has 2 heterocycles. The third kappa shape index (κ3) is 4.24. The van der Waals surface area contributed by atoms with Gasteiger partial charge in [-0.05, 0) is 35.4 Å². The maximum absolute atomic E-state index is 13.3. The molecular weight excluding hydrogens is 451 g/mol. The first-order valence-electron chi connectivity index (χ1n) is 10.9. The van der Waals surface area contributed by atoms with Crippen molar-refractivity contribution in [2.24, 2.45) is 5.10 Å². The summed E-state index contributed by atoms with van der Waals surface area (Å²) in [6, 6.07) is 24.7. The number of hydrogen-bond donors (Lipinski definition) is 1. The monoisotopic (exact) mass is 472 g/mol. The van der Waals surface area contributed by atoms with Crippen LogP contribution in [-0.2, 0) is 9.59 Å². The van der Waals surface area contributed by atoms with Crippen LogP contribution in [0.1, 0.15) is 30.0 Å². The molecule has 0 spiro atoms. The summed E-state index contributed by atoms with van der Waals surface area (Å²) >= 11 is 1.03. The lowest BCUT2D eigenvalue weighted by molar-refractivity contribution is -0.121. The quantitative estimate of drug-likeness (QED) is 0.330. The Morgan fingerprint density at radius 1 is 0.912 bits per heavy atom. The number of amides is 2. The van der Waals surface area contributed by atoms with Crippen LogP contribution in [0.5, 0.6) is 0 Å². The van der Waals surface area contributed by atoms with Crippen molar-refractivity contribution < 1.29 is 14.0 Å². The minimum atomic E-state index is -0.738. The Bertz CT molecular complexity index is 1260. The fourth-order valence-electron chi connectivity index (χ4n) is 4.18. The number of nitrogens with zero attached hydrogens (tertiary/aromatic N) is 3. The molecule has 34 heavy (non-hydrogen) atoms. The van der Waals surface area contributed by atoms with Crippen molar-refractivity contribution in [1.82, 2.24) is 5.01 Å². The molecule has 1 N–H and O–H groups in total. The molecule has 5 rings (SSSR count). The lowest BCUT2D eigenvalue weighted by Crippen LogP contribution is -2.32. The first kappa shape index (κ1) is 22.0. The fourth-order valence-corrected chi connectivity index (χ4v) is 5.16. The van der Waals surface area contributed by atoms with Crippen molar-refractivity contribution in [3.05, 3.63) is 102 Å². The van der Waals surface area contributed by atoms with Gasteiger partial charge < -0.3 is 0 Å². The van der Waals surface area contributed by atoms with Gasteiger partial charge in [0, 0.05) is 12.8 Å². The van der Waals surface area contributed by atoms with Gasteiger partial charge in [0.1, 0.15) is 11.1 Å². The van der Waals surface area contributed by atoms with E-state index in [4.69, 9.17) is 10.5 Å². The summed E-state index contributed by atoms with van der Waals surface area (Å²) in [5, 5.41) is 14.5. The molecule has 3 aromatic rings. The predicted molar refractivity (Wildman–Crippen MR) is 131 cm³/mol. The number of hydrogen-bond acceptors (Lipinski definition) is 5. The molecule has 8 heteroatoms. The molecule has 2 atom stereocenters. The molecular formula is C26H21FN4O2S. The highest BCUT2D eigenvalue weighted by Gasteiger charge is 2.42. The number of rotatable bonds is 4. The number of carbonyl (C=O) groups is 2. The van der Waals surface area contributed by atoms with E-state index in [1.165, 1.54) is 24.3 Å². The summed E-state index contributed by atoms with van der Waals surface area (Å²) in [6.45, 7) is 0. The van der Waals surface area contributed by atoms with Gasteiger partial charge in [0.2, 0.25) is 11.8 Å². The maximum atomic E-state index is 13.3. The topological polar surface area (TPSA) is 76.8 Å². The van der Waals surface area contributed by atoms with E-state index in [9.17, 15) is 14.0 Å². The van der Waals surface area contributed by atoms with Crippen molar-refractivity contribution in [2.45, 2.75) is 24.1 Å². The van der Waals surface area contributed by atoms with Crippen molar-refractivity contribution in [3.8, 4) is 0 Å². The number of nitrogens with one attached hydrogen (secondary N) is 1. The van der Waals surface area contributed by atoms with Gasteiger partial charge >= 0.3 is 0 Å². The number of anilines is 1. The van der Waals surface area contributed by atoms with Gasteiger partial charge in [-0.15, -0.1) is 0 Å². The van der Waals surface area contributed by atoms with Gasteiger partial charge in [-0.25, -0.2) is 14.3 Å². The third-order valence-electron chi connectivity index (χ3n) is 5.85. The highest BCUT2D eigenvalue weighted by molar-refractivity contribution is 8.14. The van der Waals surface area contributed by atoms with E-state index < -0.39 is 17.0 Å². The molecule has 2 amide bonds. The predicted octanol–water partition coefficient (Wildman–Crippen LogP) is 4.98. The molecule has 0 unspecified atom stereocenters. The number of amidine groups is 1. The Morgan fingerprint density at radius 3 is 2.24 bits per heavy atom. The number of hydrazone groups is 1. The van der Waals surface area contributed by atoms with Gasteiger partial charge in [-0.2, -0.15) is 5.10 Å². The summed E-state index contributed by atoms with van der Waals surface area (Å²) in [5.74, 6) is -1.21. The first-order valence-corrected chi connectivity index (χ1v) is 11.7. The lowest BCUT2D eigenvalue weighted by Gasteiger charge is -2.24. The second-order valence-electron chi connectivity index (χ2n) is 8.05. The molecule has 1 fully saturated rings. The van der Waals surface area contributed by atoms with Crippen LogP contribution in [0.3, 0.4) is 0 Å². The first-order chi connectivity index (χ1) is 16.5. The number of thioether (sulfide) groups is 1. The zero-order valence-electron chi connectivity index (χ0n) is 18.1. The second kappa shape index (κ2) is 9.23.